The molecule has 19 nitrogen and oxygen atoms in total. The van der Waals surface area contributed by atoms with Gasteiger partial charge in [0.05, 0.1) is 54.5 Å². The third-order valence-electron chi connectivity index (χ3n) is 12.2. The molecular weight excluding hydrogens is 1130 g/mol. The van der Waals surface area contributed by atoms with Crippen molar-refractivity contribution < 1.29 is 50.5 Å². The van der Waals surface area contributed by atoms with Crippen molar-refractivity contribution in [1.29, 1.82) is 0 Å². The molecule has 3 N–H and O–H groups in total. The zero-order chi connectivity index (χ0) is 62.4. The predicted octanol–water partition coefficient (Wildman–Crippen LogP) is 16.0. The number of hydrogen-bond donors (Lipinski definition) is 2. The van der Waals surface area contributed by atoms with Crippen molar-refractivity contribution in [3.8, 4) is 11.3 Å². The second-order valence-electron chi connectivity index (χ2n) is 23.2. The minimum atomic E-state index is -0.767. The number of allylic oxidation sites excluding steroid dienone is 1. The summed E-state index contributed by atoms with van der Waals surface area (Å²) in [7, 11) is 0. The van der Waals surface area contributed by atoms with Gasteiger partial charge in [0.2, 0.25) is 5.91 Å². The van der Waals surface area contributed by atoms with Crippen molar-refractivity contribution in [2.75, 3.05) is 6.61 Å². The maximum absolute atomic E-state index is 12.7. The highest BCUT2D eigenvalue weighted by Crippen LogP contribution is 2.30. The van der Waals surface area contributed by atoms with Gasteiger partial charge in [0, 0.05) is 76.0 Å². The van der Waals surface area contributed by atoms with Crippen LogP contribution in [0.1, 0.15) is 188 Å². The standard InChI is InChI=1S/C10H9NO.C9H15NO.C8H11NO.C7H10BrNO.C7H10FNO.C7H10N2O2.C7H11NO2.C7H11NO/c1-8-2-4-9(5-3-8)10-6-7-11-12-10;1-4-6-9(2,3)8-5-7-10-11-8;1-7(2)3-4-8-5-6-9-10-8;2*1-7(2,3)6-5(8)4-9-10-6;1-7(2,6(8)10)5-3-4-9-11-5;1-7(2,5-9)6-3-4-8-10-6;1-3-6(2)7-4-5-8-9-7/h2-7H,1H3;5,7H,4,6H2,1-3H3;5-6H,1,3-4H2,2H3;2*4H,1-3H3;3-4H,1-2H3,(H2,8,10);3-4,9H,5H2,1-2H3;4-6H,3H2,1-2H3. The van der Waals surface area contributed by atoms with E-state index in [0.717, 1.165) is 76.5 Å². The summed E-state index contributed by atoms with van der Waals surface area (Å²) >= 11 is 3.35. The first-order chi connectivity index (χ1) is 38.9. The van der Waals surface area contributed by atoms with Gasteiger partial charge in [-0.15, -0.1) is 6.58 Å². The van der Waals surface area contributed by atoms with Crippen LogP contribution in [0.5, 0.6) is 0 Å². The Kier molecular flexibility index (Phi) is 30.0. The highest BCUT2D eigenvalue weighted by Gasteiger charge is 2.31. The van der Waals surface area contributed by atoms with Crippen molar-refractivity contribution in [1.82, 2.24) is 41.3 Å². The van der Waals surface area contributed by atoms with E-state index >= 15 is 0 Å². The number of primary amides is 1. The number of amides is 1. The molecule has 9 rings (SSSR count). The number of aliphatic hydroxyl groups is 1. The minimum Gasteiger partial charge on any atom is -0.395 e. The quantitative estimate of drug-likeness (QED) is 0.102. The van der Waals surface area contributed by atoms with E-state index in [1.807, 2.05) is 77.9 Å². The number of hydrogen-bond acceptors (Lipinski definition) is 18. The van der Waals surface area contributed by atoms with Crippen LogP contribution in [-0.2, 0) is 38.3 Å². The number of nitrogens with zero attached hydrogens (tertiary/aromatic N) is 8. The number of aliphatic hydroxyl groups excluding tert-OH is 1. The molecule has 8 aromatic heterocycles. The fourth-order valence-electron chi connectivity index (χ4n) is 6.53. The van der Waals surface area contributed by atoms with Crippen molar-refractivity contribution in [3.63, 3.8) is 0 Å². The van der Waals surface area contributed by atoms with Crippen LogP contribution in [0.2, 0.25) is 0 Å². The second kappa shape index (κ2) is 34.8. The van der Waals surface area contributed by atoms with E-state index in [9.17, 15) is 9.18 Å². The summed E-state index contributed by atoms with van der Waals surface area (Å²) < 4.78 is 53.0. The number of aryl methyl sites for hydroxylation is 2. The normalized spacial score (nSPS) is 11.5. The van der Waals surface area contributed by atoms with Gasteiger partial charge in [0.1, 0.15) is 34.7 Å². The van der Waals surface area contributed by atoms with Gasteiger partial charge in [0.15, 0.2) is 28.9 Å². The smallest absolute Gasteiger partial charge is 0.230 e. The molecule has 0 aliphatic rings. The van der Waals surface area contributed by atoms with Crippen molar-refractivity contribution in [3.05, 3.63) is 179 Å². The third kappa shape index (κ3) is 26.1. The Bertz CT molecular complexity index is 2990. The molecule has 83 heavy (non-hydrogen) atoms. The molecule has 9 aromatic rings. The zero-order valence-corrected chi connectivity index (χ0v) is 53.0. The van der Waals surface area contributed by atoms with Gasteiger partial charge < -0.3 is 47.0 Å². The number of nitrogens with two attached hydrogens (primary N) is 1. The molecule has 0 fully saturated rings. The van der Waals surface area contributed by atoms with Crippen LogP contribution in [0.15, 0.2) is 163 Å². The van der Waals surface area contributed by atoms with E-state index in [-0.39, 0.29) is 34.1 Å². The average Bonchev–Trinajstić information content (AvgIpc) is 4.37. The molecule has 0 saturated carbocycles. The number of halogens is 2. The number of carbonyl (C=O) groups excluding carboxylic acids is 1. The number of carbonyl (C=O) groups is 1. The first-order valence-corrected chi connectivity index (χ1v) is 28.0. The fraction of sp³-hybridized carbons (Fsp3) is 0.468. The van der Waals surface area contributed by atoms with Gasteiger partial charge in [-0.1, -0.05) is 173 Å². The van der Waals surface area contributed by atoms with Crippen LogP contribution in [0.3, 0.4) is 0 Å². The van der Waals surface area contributed by atoms with E-state index in [1.54, 1.807) is 63.2 Å². The lowest BCUT2D eigenvalue weighted by molar-refractivity contribution is -0.123. The van der Waals surface area contributed by atoms with Crippen molar-refractivity contribution in [2.24, 2.45) is 5.73 Å². The maximum Gasteiger partial charge on any atom is 0.230 e. The van der Waals surface area contributed by atoms with Crippen molar-refractivity contribution in [2.45, 2.75) is 183 Å². The van der Waals surface area contributed by atoms with E-state index in [4.69, 9.17) is 47.0 Å². The Morgan fingerprint density at radius 2 is 1.11 bits per heavy atom. The predicted molar refractivity (Wildman–Crippen MR) is 319 cm³/mol. The topological polar surface area (TPSA) is 272 Å². The van der Waals surface area contributed by atoms with Crippen LogP contribution in [0.25, 0.3) is 11.3 Å². The fourth-order valence-corrected chi connectivity index (χ4v) is 7.28. The summed E-state index contributed by atoms with van der Waals surface area (Å²) in [5, 5.41) is 37.5. The molecule has 21 heteroatoms. The average molecular weight is 1220 g/mol. The molecule has 1 amide bonds. The molecule has 0 bridgehead atoms. The lowest BCUT2D eigenvalue weighted by Gasteiger charge is -2.19. The minimum absolute atomic E-state index is 0.0370. The molecule has 0 aliphatic carbocycles. The number of aromatic nitrogens is 8. The van der Waals surface area contributed by atoms with E-state index in [2.05, 4.69) is 138 Å². The zero-order valence-electron chi connectivity index (χ0n) is 51.5. The lowest BCUT2D eigenvalue weighted by atomic mass is 9.85. The van der Waals surface area contributed by atoms with Gasteiger partial charge in [-0.2, -0.15) is 0 Å². The van der Waals surface area contributed by atoms with E-state index in [0.29, 0.717) is 17.4 Å². The first-order valence-electron chi connectivity index (χ1n) is 27.2. The maximum atomic E-state index is 12.7. The molecule has 1 aromatic carbocycles. The van der Waals surface area contributed by atoms with Gasteiger partial charge in [-0.25, -0.2) is 4.39 Å². The Morgan fingerprint density at radius 3 is 1.47 bits per heavy atom. The van der Waals surface area contributed by atoms with Crippen LogP contribution < -0.4 is 5.73 Å². The summed E-state index contributed by atoms with van der Waals surface area (Å²) in [5.41, 5.74) is 7.44. The molecule has 454 valence electrons. The molecule has 0 saturated heterocycles. The monoisotopic (exact) mass is 1220 g/mol. The third-order valence-corrected chi connectivity index (χ3v) is 12.8. The first kappa shape index (κ1) is 71.6. The van der Waals surface area contributed by atoms with Crippen LogP contribution in [-0.4, -0.2) is 58.9 Å². The number of rotatable bonds is 13. The molecule has 0 radical (unpaired) electrons. The summed E-state index contributed by atoms with van der Waals surface area (Å²) in [6.45, 7) is 37.8. The molecule has 1 atom stereocenters. The number of benzene rings is 1. The van der Waals surface area contributed by atoms with Crippen LogP contribution >= 0.6 is 15.9 Å². The molecule has 0 aliphatic heterocycles. The highest BCUT2D eigenvalue weighted by atomic mass is 79.9. The Morgan fingerprint density at radius 1 is 0.627 bits per heavy atom. The summed E-state index contributed by atoms with van der Waals surface area (Å²) in [6.07, 6.45) is 17.8. The summed E-state index contributed by atoms with van der Waals surface area (Å²) in [4.78, 5) is 10.9. The molecule has 0 spiro atoms. The van der Waals surface area contributed by atoms with Crippen LogP contribution in [0, 0.1) is 12.7 Å². The van der Waals surface area contributed by atoms with Gasteiger partial charge in [-0.3, -0.25) is 4.79 Å². The molecular formula is C62H87BrFN9O10. The molecule has 1 unspecified atom stereocenters. The Balaban J connectivity index is 0.000000324. The summed E-state index contributed by atoms with van der Waals surface area (Å²) in [5.74, 6) is 5.85. The Hall–Kier alpha value is -7.52. The molecule has 8 heterocycles. The van der Waals surface area contributed by atoms with Gasteiger partial charge >= 0.3 is 0 Å². The van der Waals surface area contributed by atoms with Gasteiger partial charge in [-0.05, 0) is 62.9 Å². The largest absolute Gasteiger partial charge is 0.395 e. The van der Waals surface area contributed by atoms with E-state index in [1.165, 1.54) is 23.8 Å². The van der Waals surface area contributed by atoms with Crippen LogP contribution in [0.4, 0.5) is 4.39 Å². The lowest BCUT2D eigenvalue weighted by Crippen LogP contribution is -2.35. The van der Waals surface area contributed by atoms with E-state index < -0.39 is 11.3 Å². The summed E-state index contributed by atoms with van der Waals surface area (Å²) in [6, 6.07) is 19.1. The van der Waals surface area contributed by atoms with Gasteiger partial charge in [0.25, 0.3) is 0 Å². The second-order valence-corrected chi connectivity index (χ2v) is 24.1. The Labute approximate surface area is 496 Å². The SMILES string of the molecule is C=C(C)CCc1ccno1.CC(C)(C(N)=O)c1ccno1.CC(C)(C)c1oncc1Br.CC(C)(C)c1oncc1F.CC(C)(CO)c1ccno1.CCC(C)c1ccno1.CCCC(C)(C)c1ccno1.Cc1ccc(-c2ccno2)cc1. The van der Waals surface area contributed by atoms with Crippen molar-refractivity contribution >= 4 is 21.8 Å². The highest BCUT2D eigenvalue weighted by molar-refractivity contribution is 9.10.